The minimum absolute atomic E-state index is 0. The minimum atomic E-state index is 0. The van der Waals surface area contributed by atoms with Crippen molar-refractivity contribution in [3.63, 3.8) is 0 Å². The van der Waals surface area contributed by atoms with Crippen LogP contribution >= 0.6 is 11.6 Å². The second-order valence-electron chi connectivity index (χ2n) is 11.0. The molecule has 206 valence electrons. The van der Waals surface area contributed by atoms with E-state index in [2.05, 4.69) is 125 Å². The van der Waals surface area contributed by atoms with E-state index in [0.717, 1.165) is 11.4 Å². The van der Waals surface area contributed by atoms with Gasteiger partial charge in [0, 0.05) is 12.4 Å². The molecule has 0 bridgehead atoms. The molecule has 3 nitrogen and oxygen atoms in total. The van der Waals surface area contributed by atoms with E-state index in [9.17, 15) is 0 Å². The SMILES string of the molecule is CC(C)c1cccc(C(C)C)c1N1C=CN(c2c(C(C)C)cccc2C(C)C)C1=C1CC=N[C-]=C1Cl.[Cl-].[Pd+2]. The molecule has 0 unspecified atom stereocenters. The second kappa shape index (κ2) is 13.5. The first-order valence-electron chi connectivity index (χ1n) is 13.2. The maximum Gasteiger partial charge on any atom is 2.00 e. The molecule has 0 aliphatic carbocycles. The Kier molecular flexibility index (Phi) is 11.5. The number of nitrogens with zero attached hydrogens (tertiary/aromatic N) is 3. The van der Waals surface area contributed by atoms with Crippen molar-refractivity contribution in [3.8, 4) is 0 Å². The van der Waals surface area contributed by atoms with Crippen LogP contribution in [-0.2, 0) is 20.4 Å². The van der Waals surface area contributed by atoms with Crippen LogP contribution in [0.2, 0.25) is 0 Å². The molecule has 2 aliphatic rings. The normalized spacial score (nSPS) is 15.1. The molecular weight excluding hydrogens is 604 g/mol. The Labute approximate surface area is 254 Å². The molecule has 0 aromatic heterocycles. The monoisotopic (exact) mass is 641 g/mol. The van der Waals surface area contributed by atoms with Gasteiger partial charge in [-0.1, -0.05) is 110 Å². The van der Waals surface area contributed by atoms with Crippen molar-refractivity contribution in [2.75, 3.05) is 9.80 Å². The average molecular weight is 643 g/mol. The van der Waals surface area contributed by atoms with Crippen LogP contribution in [0.1, 0.15) is 108 Å². The molecule has 0 spiro atoms. The minimum Gasteiger partial charge on any atom is -1.00 e. The van der Waals surface area contributed by atoms with Gasteiger partial charge in [0.25, 0.3) is 0 Å². The molecule has 2 aromatic rings. The van der Waals surface area contributed by atoms with Gasteiger partial charge in [-0.25, -0.2) is 0 Å². The molecule has 0 amide bonds. The first kappa shape index (κ1) is 32.4. The van der Waals surface area contributed by atoms with Gasteiger partial charge in [0.2, 0.25) is 0 Å². The molecule has 2 aromatic carbocycles. The fourth-order valence-corrected chi connectivity index (χ4v) is 5.42. The zero-order valence-electron chi connectivity index (χ0n) is 23.6. The van der Waals surface area contributed by atoms with Crippen molar-refractivity contribution in [2.45, 2.75) is 85.5 Å². The van der Waals surface area contributed by atoms with Crippen LogP contribution in [-0.4, -0.2) is 6.21 Å². The molecule has 0 saturated carbocycles. The summed E-state index contributed by atoms with van der Waals surface area (Å²) >= 11 is 6.83. The largest absolute Gasteiger partial charge is 2.00 e. The zero-order chi connectivity index (χ0) is 26.1. The van der Waals surface area contributed by atoms with E-state index < -0.39 is 0 Å². The van der Waals surface area contributed by atoms with E-state index in [1.807, 2.05) is 6.21 Å². The molecule has 6 heteroatoms. The maximum absolute atomic E-state index is 6.83. The number of anilines is 2. The number of aliphatic imine (C=N–C) groups is 1. The van der Waals surface area contributed by atoms with Crippen LogP contribution in [0.4, 0.5) is 11.4 Å². The number of halogens is 2. The van der Waals surface area contributed by atoms with Crippen LogP contribution < -0.4 is 22.2 Å². The van der Waals surface area contributed by atoms with Gasteiger partial charge >= 0.3 is 20.4 Å². The first-order chi connectivity index (χ1) is 17.1. The fourth-order valence-electron chi connectivity index (χ4n) is 5.21. The van der Waals surface area contributed by atoms with E-state index in [1.54, 1.807) is 0 Å². The summed E-state index contributed by atoms with van der Waals surface area (Å²) in [4.78, 5) is 8.95. The van der Waals surface area contributed by atoms with E-state index in [1.165, 1.54) is 33.6 Å². The number of allylic oxidation sites excluding steroid dienone is 2. The van der Waals surface area contributed by atoms with Crippen molar-refractivity contribution in [2.24, 2.45) is 4.99 Å². The van der Waals surface area contributed by atoms with Gasteiger partial charge in [0.15, 0.2) is 0 Å². The van der Waals surface area contributed by atoms with Gasteiger partial charge < -0.3 is 27.2 Å². The van der Waals surface area contributed by atoms with Crippen LogP contribution in [0.5, 0.6) is 0 Å². The smallest absolute Gasteiger partial charge is 1.00 e. The fraction of sp³-hybridized carbons (Fsp3) is 0.406. The summed E-state index contributed by atoms with van der Waals surface area (Å²) < 4.78 is 0. The van der Waals surface area contributed by atoms with E-state index in [0.29, 0.717) is 35.1 Å². The Morgan fingerprint density at radius 3 is 1.39 bits per heavy atom. The number of hydrogen-bond acceptors (Lipinski definition) is 3. The van der Waals surface area contributed by atoms with E-state index in [4.69, 9.17) is 11.6 Å². The van der Waals surface area contributed by atoms with Crippen LogP contribution in [0.25, 0.3) is 0 Å². The predicted octanol–water partition coefficient (Wildman–Crippen LogP) is 6.55. The summed E-state index contributed by atoms with van der Waals surface area (Å²) in [5.41, 5.74) is 8.88. The third kappa shape index (κ3) is 6.15. The number of para-hydroxylation sites is 2. The summed E-state index contributed by atoms with van der Waals surface area (Å²) in [6.45, 7) is 18.2. The van der Waals surface area contributed by atoms with Crippen molar-refractivity contribution in [3.05, 3.63) is 93.7 Å². The Balaban J connectivity index is 0.00000253. The van der Waals surface area contributed by atoms with Crippen LogP contribution in [0.15, 0.2) is 70.2 Å². The molecule has 0 N–H and O–H groups in total. The number of rotatable bonds is 6. The zero-order valence-corrected chi connectivity index (χ0v) is 26.7. The van der Waals surface area contributed by atoms with Crippen LogP contribution in [0, 0.1) is 6.20 Å². The van der Waals surface area contributed by atoms with Crippen LogP contribution in [0.3, 0.4) is 0 Å². The average Bonchev–Trinajstić information content (AvgIpc) is 3.27. The van der Waals surface area contributed by atoms with E-state index >= 15 is 0 Å². The van der Waals surface area contributed by atoms with Gasteiger partial charge in [-0.3, -0.25) is 0 Å². The molecule has 0 radical (unpaired) electrons. The Morgan fingerprint density at radius 2 is 1.08 bits per heavy atom. The Morgan fingerprint density at radius 1 is 0.711 bits per heavy atom. The van der Waals surface area contributed by atoms with Gasteiger partial charge in [0.05, 0.1) is 17.2 Å². The van der Waals surface area contributed by atoms with Crippen molar-refractivity contribution in [1.82, 2.24) is 0 Å². The third-order valence-electron chi connectivity index (χ3n) is 7.07. The summed E-state index contributed by atoms with van der Waals surface area (Å²) in [6.07, 6.45) is 10.0. The van der Waals surface area contributed by atoms with Crippen molar-refractivity contribution in [1.29, 1.82) is 0 Å². The summed E-state index contributed by atoms with van der Waals surface area (Å²) in [5, 5.41) is 0.576. The van der Waals surface area contributed by atoms with Gasteiger partial charge in [-0.05, 0) is 51.0 Å². The topological polar surface area (TPSA) is 18.8 Å². The molecule has 38 heavy (non-hydrogen) atoms. The third-order valence-corrected chi connectivity index (χ3v) is 7.38. The maximum atomic E-state index is 6.83. The van der Waals surface area contributed by atoms with Gasteiger partial charge in [-0.2, -0.15) is 0 Å². The van der Waals surface area contributed by atoms with Gasteiger partial charge in [0.1, 0.15) is 0 Å². The molecule has 0 saturated heterocycles. The summed E-state index contributed by atoms with van der Waals surface area (Å²) in [5.74, 6) is 2.60. The van der Waals surface area contributed by atoms with Crippen molar-refractivity contribution >= 4 is 29.2 Å². The summed E-state index contributed by atoms with van der Waals surface area (Å²) in [6, 6.07) is 13.4. The Bertz CT molecular complexity index is 1130. The second-order valence-corrected chi connectivity index (χ2v) is 11.3. The van der Waals surface area contributed by atoms with Crippen molar-refractivity contribution < 1.29 is 32.8 Å². The molecule has 2 heterocycles. The predicted molar refractivity (Wildman–Crippen MR) is 156 cm³/mol. The Hall–Kier alpha value is -1.83. The molecular formula is C32H39Cl2N3Pd. The standard InChI is InChI=1S/C32H39ClN3.ClH.Pd/c1-20(2)24-11-9-12-25(21(3)4)30(24)35-17-18-36(32(35)28-15-16-34-19-29(28)33)31-26(22(5)6)13-10-14-27(31)23(7)8;;/h9-14,16-18,20-23H,15H2,1-8H3;1H;/q-1;;+2/p-1. The quantitative estimate of drug-likeness (QED) is 0.263. The molecule has 0 atom stereocenters. The summed E-state index contributed by atoms with van der Waals surface area (Å²) in [7, 11) is 0. The van der Waals surface area contributed by atoms with Gasteiger partial charge in [-0.15, -0.1) is 17.8 Å². The molecule has 2 aliphatic heterocycles. The molecule has 4 rings (SSSR count). The molecule has 0 fully saturated rings. The van der Waals surface area contributed by atoms with E-state index in [-0.39, 0.29) is 32.8 Å². The number of hydrogen-bond donors (Lipinski definition) is 0. The number of benzene rings is 2. The first-order valence-corrected chi connectivity index (χ1v) is 13.6.